The highest BCUT2D eigenvalue weighted by atomic mass is 19.1. The molecule has 0 atom stereocenters. The third-order valence-electron chi connectivity index (χ3n) is 2.68. The van der Waals surface area contributed by atoms with Gasteiger partial charge in [0.15, 0.2) is 5.75 Å². The van der Waals surface area contributed by atoms with E-state index in [2.05, 4.69) is 0 Å². The molecule has 21 heavy (non-hydrogen) atoms. The maximum atomic E-state index is 12.9. The van der Waals surface area contributed by atoms with Gasteiger partial charge in [0.1, 0.15) is 5.82 Å². The molecule has 0 radical (unpaired) electrons. The first kappa shape index (κ1) is 16.4. The molecule has 1 amide bonds. The second kappa shape index (κ2) is 7.79. The first-order chi connectivity index (χ1) is 9.95. The number of nitrogens with zero attached hydrogens (tertiary/aromatic N) is 3. The van der Waals surface area contributed by atoms with Crippen LogP contribution in [0.3, 0.4) is 0 Å². The van der Waals surface area contributed by atoms with Crippen molar-refractivity contribution in [3.63, 3.8) is 0 Å². The Morgan fingerprint density at radius 2 is 2.29 bits per heavy atom. The number of hydrogen-bond acceptors (Lipinski definition) is 5. The van der Waals surface area contributed by atoms with Crippen LogP contribution in [0.1, 0.15) is 12.8 Å². The summed E-state index contributed by atoms with van der Waals surface area (Å²) in [6.07, 6.45) is 0.239. The van der Waals surface area contributed by atoms with Crippen LogP contribution in [0.2, 0.25) is 0 Å². The molecule has 0 aliphatic rings. The molecule has 0 saturated carbocycles. The molecule has 1 aromatic rings. The Bertz CT molecular complexity index is 571. The van der Waals surface area contributed by atoms with Gasteiger partial charge in [-0.05, 0) is 12.1 Å². The molecule has 0 N–H and O–H groups in total. The van der Waals surface area contributed by atoms with Crippen LogP contribution in [0, 0.1) is 27.3 Å². The van der Waals surface area contributed by atoms with Gasteiger partial charge in [-0.3, -0.25) is 14.9 Å². The van der Waals surface area contributed by atoms with Gasteiger partial charge in [-0.1, -0.05) is 0 Å². The van der Waals surface area contributed by atoms with E-state index in [1.165, 1.54) is 4.90 Å². The van der Waals surface area contributed by atoms with Gasteiger partial charge in [0, 0.05) is 13.6 Å². The van der Waals surface area contributed by atoms with E-state index < -0.39 is 16.4 Å². The van der Waals surface area contributed by atoms with E-state index in [-0.39, 0.29) is 31.1 Å². The first-order valence-electron chi connectivity index (χ1n) is 6.13. The highest BCUT2D eigenvalue weighted by Crippen LogP contribution is 2.27. The molecule has 1 rings (SSSR count). The minimum absolute atomic E-state index is 0.0104. The second-order valence-corrected chi connectivity index (χ2v) is 4.19. The van der Waals surface area contributed by atoms with Crippen molar-refractivity contribution in [3.05, 3.63) is 34.1 Å². The van der Waals surface area contributed by atoms with Gasteiger partial charge in [-0.2, -0.15) is 5.26 Å². The molecule has 112 valence electrons. The zero-order chi connectivity index (χ0) is 15.8. The Kier molecular flexibility index (Phi) is 6.07. The van der Waals surface area contributed by atoms with Crippen LogP contribution in [0.15, 0.2) is 18.2 Å². The van der Waals surface area contributed by atoms with E-state index in [4.69, 9.17) is 10.00 Å². The molecule has 0 saturated heterocycles. The summed E-state index contributed by atoms with van der Waals surface area (Å²) < 4.78 is 18.1. The molecule has 1 aromatic carbocycles. The Hall–Kier alpha value is -2.69. The lowest BCUT2D eigenvalue weighted by molar-refractivity contribution is -0.386. The number of benzene rings is 1. The van der Waals surface area contributed by atoms with Crippen molar-refractivity contribution in [2.45, 2.75) is 12.8 Å². The fourth-order valence-corrected chi connectivity index (χ4v) is 1.54. The topological polar surface area (TPSA) is 96.5 Å². The summed E-state index contributed by atoms with van der Waals surface area (Å²) in [6.45, 7) is 0.244. The minimum Gasteiger partial charge on any atom is -0.486 e. The predicted molar refractivity (Wildman–Crippen MR) is 71.0 cm³/mol. The Morgan fingerprint density at radius 3 is 2.90 bits per heavy atom. The molecule has 0 aromatic heterocycles. The third kappa shape index (κ3) is 5.06. The van der Waals surface area contributed by atoms with Crippen molar-refractivity contribution in [3.8, 4) is 11.8 Å². The summed E-state index contributed by atoms with van der Waals surface area (Å²) in [5, 5.41) is 19.2. The van der Waals surface area contributed by atoms with Crippen molar-refractivity contribution < 1.29 is 18.8 Å². The van der Waals surface area contributed by atoms with E-state index in [0.717, 1.165) is 18.2 Å². The number of nitro benzene ring substituents is 1. The lowest BCUT2D eigenvalue weighted by Gasteiger charge is -2.15. The van der Waals surface area contributed by atoms with Gasteiger partial charge in [0.25, 0.3) is 0 Å². The number of ether oxygens (including phenoxy) is 1. The van der Waals surface area contributed by atoms with E-state index in [1.807, 2.05) is 6.07 Å². The standard InChI is InChI=1S/C13H14FN3O4/c1-16(7-2-6-15)13(18)5-8-21-12-4-3-10(14)9-11(12)17(19)20/h3-4,9H,2,5,7-8H2,1H3. The molecule has 0 spiro atoms. The number of carbonyl (C=O) groups excluding carboxylic acids is 1. The number of carbonyl (C=O) groups is 1. The van der Waals surface area contributed by atoms with Crippen LogP contribution < -0.4 is 4.74 Å². The lowest BCUT2D eigenvalue weighted by Crippen LogP contribution is -2.28. The van der Waals surface area contributed by atoms with Gasteiger partial charge >= 0.3 is 5.69 Å². The summed E-state index contributed by atoms with van der Waals surface area (Å²) in [7, 11) is 1.56. The van der Waals surface area contributed by atoms with Gasteiger partial charge in [-0.25, -0.2) is 4.39 Å². The van der Waals surface area contributed by atoms with Gasteiger partial charge in [0.05, 0.1) is 36.5 Å². The van der Waals surface area contributed by atoms with Gasteiger partial charge in [-0.15, -0.1) is 0 Å². The summed E-state index contributed by atoms with van der Waals surface area (Å²) in [4.78, 5) is 23.0. The molecule has 0 heterocycles. The Morgan fingerprint density at radius 1 is 1.57 bits per heavy atom. The quantitative estimate of drug-likeness (QED) is 0.565. The summed E-state index contributed by atoms with van der Waals surface area (Å²) in [5.41, 5.74) is -0.486. The maximum Gasteiger partial charge on any atom is 0.313 e. The van der Waals surface area contributed by atoms with E-state index in [1.54, 1.807) is 7.05 Å². The molecule has 0 aliphatic carbocycles. The predicted octanol–water partition coefficient (Wildman–Crippen LogP) is 1.87. The second-order valence-electron chi connectivity index (χ2n) is 4.19. The van der Waals surface area contributed by atoms with Crippen LogP contribution in [0.5, 0.6) is 5.75 Å². The maximum absolute atomic E-state index is 12.9. The number of amides is 1. The molecule has 8 heteroatoms. The smallest absolute Gasteiger partial charge is 0.313 e. The highest BCUT2D eigenvalue weighted by Gasteiger charge is 2.17. The lowest BCUT2D eigenvalue weighted by atomic mass is 10.3. The number of nitro groups is 1. The van der Waals surface area contributed by atoms with Crippen LogP contribution in [0.25, 0.3) is 0 Å². The van der Waals surface area contributed by atoms with Crippen molar-refractivity contribution in [2.24, 2.45) is 0 Å². The van der Waals surface area contributed by atoms with Crippen molar-refractivity contribution in [1.82, 2.24) is 4.90 Å². The summed E-state index contributed by atoms with van der Waals surface area (Å²) in [6, 6.07) is 4.88. The fourth-order valence-electron chi connectivity index (χ4n) is 1.54. The van der Waals surface area contributed by atoms with Crippen LogP contribution >= 0.6 is 0 Å². The first-order valence-corrected chi connectivity index (χ1v) is 6.13. The number of halogens is 1. The average Bonchev–Trinajstić information content (AvgIpc) is 2.45. The zero-order valence-corrected chi connectivity index (χ0v) is 11.4. The fraction of sp³-hybridized carbons (Fsp3) is 0.385. The Balaban J connectivity index is 2.55. The molecular formula is C13H14FN3O4. The number of rotatable bonds is 7. The van der Waals surface area contributed by atoms with E-state index >= 15 is 0 Å². The average molecular weight is 295 g/mol. The van der Waals surface area contributed by atoms with Crippen molar-refractivity contribution >= 4 is 11.6 Å². The SMILES string of the molecule is CN(CCC#N)C(=O)CCOc1ccc(F)cc1[N+](=O)[O-]. The van der Waals surface area contributed by atoms with E-state index in [0.29, 0.717) is 6.54 Å². The number of nitriles is 1. The molecular weight excluding hydrogens is 281 g/mol. The largest absolute Gasteiger partial charge is 0.486 e. The van der Waals surface area contributed by atoms with E-state index in [9.17, 15) is 19.3 Å². The highest BCUT2D eigenvalue weighted by molar-refractivity contribution is 5.76. The molecule has 0 fully saturated rings. The van der Waals surface area contributed by atoms with Gasteiger partial charge in [0.2, 0.25) is 5.91 Å². The summed E-state index contributed by atoms with van der Waals surface area (Å²) in [5.74, 6) is -1.06. The van der Waals surface area contributed by atoms with Crippen LogP contribution in [0.4, 0.5) is 10.1 Å². The summed E-state index contributed by atoms with van der Waals surface area (Å²) >= 11 is 0. The zero-order valence-electron chi connectivity index (χ0n) is 11.4. The molecule has 0 bridgehead atoms. The minimum atomic E-state index is -0.751. The molecule has 7 nitrogen and oxygen atoms in total. The molecule has 0 aliphatic heterocycles. The van der Waals surface area contributed by atoms with Crippen molar-refractivity contribution in [1.29, 1.82) is 5.26 Å². The normalized spacial score (nSPS) is 9.76. The van der Waals surface area contributed by atoms with Crippen molar-refractivity contribution in [2.75, 3.05) is 20.2 Å². The Labute approximate surface area is 120 Å². The van der Waals surface area contributed by atoms with Gasteiger partial charge < -0.3 is 9.64 Å². The monoisotopic (exact) mass is 295 g/mol. The third-order valence-corrected chi connectivity index (χ3v) is 2.68. The number of hydrogen-bond donors (Lipinski definition) is 0. The van der Waals surface area contributed by atoms with Crippen LogP contribution in [-0.2, 0) is 4.79 Å². The molecule has 0 unspecified atom stereocenters. The van der Waals surface area contributed by atoms with Crippen LogP contribution in [-0.4, -0.2) is 35.9 Å².